The molecule has 0 aliphatic heterocycles. The van der Waals surface area contributed by atoms with E-state index >= 15 is 0 Å². The van der Waals surface area contributed by atoms with Gasteiger partial charge in [0, 0.05) is 6.08 Å². The van der Waals surface area contributed by atoms with E-state index in [0.29, 0.717) is 19.3 Å². The van der Waals surface area contributed by atoms with Crippen molar-refractivity contribution in [2.45, 2.75) is 19.3 Å². The highest BCUT2D eigenvalue weighted by atomic mass is 16.5. The molecule has 72 valence electrons. The molecule has 1 aliphatic carbocycles. The fraction of sp³-hybridized carbons (Fsp3) is 0.556. The van der Waals surface area contributed by atoms with Crippen molar-refractivity contribution in [1.82, 2.24) is 0 Å². The van der Waals surface area contributed by atoms with Gasteiger partial charge in [-0.2, -0.15) is 0 Å². The number of ether oxygens (including phenoxy) is 1. The van der Waals surface area contributed by atoms with E-state index in [4.69, 9.17) is 5.11 Å². The van der Waals surface area contributed by atoms with Crippen molar-refractivity contribution in [3.05, 3.63) is 12.2 Å². The lowest BCUT2D eigenvalue weighted by atomic mass is 10.0. The van der Waals surface area contributed by atoms with Gasteiger partial charge in [-0.3, -0.25) is 4.79 Å². The van der Waals surface area contributed by atoms with Crippen molar-refractivity contribution in [3.8, 4) is 0 Å². The largest absolute Gasteiger partial charge is 0.481 e. The summed E-state index contributed by atoms with van der Waals surface area (Å²) in [4.78, 5) is 21.3. The van der Waals surface area contributed by atoms with Gasteiger partial charge in [0.05, 0.1) is 12.5 Å². The second-order valence-corrected chi connectivity index (χ2v) is 3.22. The Kier molecular flexibility index (Phi) is 2.70. The molecule has 0 radical (unpaired) electrons. The summed E-state index contributed by atoms with van der Waals surface area (Å²) in [6, 6.07) is 0. The predicted molar refractivity (Wildman–Crippen MR) is 45.1 cm³/mol. The number of carboxylic acids is 1. The molecule has 0 atom stereocenters. The minimum Gasteiger partial charge on any atom is -0.481 e. The van der Waals surface area contributed by atoms with E-state index in [1.165, 1.54) is 13.2 Å². The molecule has 1 saturated carbocycles. The molecule has 1 N–H and O–H groups in total. The van der Waals surface area contributed by atoms with Crippen LogP contribution in [0.15, 0.2) is 12.2 Å². The van der Waals surface area contributed by atoms with Gasteiger partial charge in [0.2, 0.25) is 0 Å². The predicted octanol–water partition coefficient (Wildman–Crippen LogP) is 0.970. The van der Waals surface area contributed by atoms with Crippen LogP contribution in [0.3, 0.4) is 0 Å². The molecule has 0 aromatic carbocycles. The lowest BCUT2D eigenvalue weighted by Gasteiger charge is -2.03. The average Bonchev–Trinajstić information content (AvgIpc) is 2.85. The van der Waals surface area contributed by atoms with Crippen molar-refractivity contribution < 1.29 is 19.4 Å². The monoisotopic (exact) mass is 184 g/mol. The number of esters is 1. The van der Waals surface area contributed by atoms with Gasteiger partial charge in [0.25, 0.3) is 0 Å². The third kappa shape index (κ3) is 2.31. The molecule has 0 spiro atoms. The molecule has 0 heterocycles. The molecule has 4 nitrogen and oxygen atoms in total. The molecule has 1 aliphatic rings. The van der Waals surface area contributed by atoms with Crippen molar-refractivity contribution in [3.63, 3.8) is 0 Å². The summed E-state index contributed by atoms with van der Waals surface area (Å²) in [5.41, 5.74) is -0.593. The zero-order valence-electron chi connectivity index (χ0n) is 7.45. The molecule has 0 aromatic rings. The number of carbonyl (C=O) groups is 2. The summed E-state index contributed by atoms with van der Waals surface area (Å²) in [5.74, 6) is -1.22. The van der Waals surface area contributed by atoms with Gasteiger partial charge < -0.3 is 9.84 Å². The zero-order chi connectivity index (χ0) is 9.90. The van der Waals surface area contributed by atoms with E-state index in [2.05, 4.69) is 4.74 Å². The SMILES string of the molecule is COC(=O)C=CCC1(C(=O)O)CC1. The first-order chi connectivity index (χ1) is 6.10. The van der Waals surface area contributed by atoms with Gasteiger partial charge in [-0.15, -0.1) is 0 Å². The third-order valence-electron chi connectivity index (χ3n) is 2.27. The summed E-state index contributed by atoms with van der Waals surface area (Å²) >= 11 is 0. The number of carboxylic acid groups (broad SMARTS) is 1. The average molecular weight is 184 g/mol. The standard InChI is InChI=1S/C9H12O4/c1-13-7(10)3-2-4-9(5-6-9)8(11)12/h2-3H,4-6H2,1H3,(H,11,12). The minimum atomic E-state index is -0.776. The Morgan fingerprint density at radius 2 is 2.15 bits per heavy atom. The van der Waals surface area contributed by atoms with Gasteiger partial charge in [-0.1, -0.05) is 6.08 Å². The molecule has 1 fully saturated rings. The number of hydrogen-bond donors (Lipinski definition) is 1. The molecule has 0 unspecified atom stereocenters. The summed E-state index contributed by atoms with van der Waals surface area (Å²) in [5, 5.41) is 8.78. The molecule has 1 rings (SSSR count). The molecule has 0 bridgehead atoms. The Hall–Kier alpha value is -1.32. The second kappa shape index (κ2) is 3.60. The van der Waals surface area contributed by atoms with Gasteiger partial charge in [-0.25, -0.2) is 4.79 Å². The highest BCUT2D eigenvalue weighted by molar-refractivity contribution is 5.82. The lowest BCUT2D eigenvalue weighted by Crippen LogP contribution is -2.13. The Labute approximate surface area is 76.2 Å². The Bertz CT molecular complexity index is 250. The van der Waals surface area contributed by atoms with Gasteiger partial charge in [-0.05, 0) is 19.3 Å². The van der Waals surface area contributed by atoms with E-state index in [-0.39, 0.29) is 0 Å². The highest BCUT2D eigenvalue weighted by Crippen LogP contribution is 2.49. The first kappa shape index (κ1) is 9.77. The molecular formula is C9H12O4. The van der Waals surface area contributed by atoms with Crippen LogP contribution < -0.4 is 0 Å². The number of rotatable bonds is 4. The van der Waals surface area contributed by atoms with Gasteiger partial charge >= 0.3 is 11.9 Å². The van der Waals surface area contributed by atoms with E-state index in [1.54, 1.807) is 6.08 Å². The minimum absolute atomic E-state index is 0.414. The Balaban J connectivity index is 2.38. The van der Waals surface area contributed by atoms with Crippen LogP contribution in [0.2, 0.25) is 0 Å². The van der Waals surface area contributed by atoms with E-state index in [9.17, 15) is 9.59 Å². The summed E-state index contributed by atoms with van der Waals surface area (Å²) in [6.07, 6.45) is 4.65. The van der Waals surface area contributed by atoms with Gasteiger partial charge in [0.15, 0.2) is 0 Å². The second-order valence-electron chi connectivity index (χ2n) is 3.22. The first-order valence-corrected chi connectivity index (χ1v) is 4.09. The number of allylic oxidation sites excluding steroid dienone is 1. The van der Waals surface area contributed by atoms with Crippen molar-refractivity contribution in [2.75, 3.05) is 7.11 Å². The summed E-state index contributed by atoms with van der Waals surface area (Å²) in [7, 11) is 1.29. The van der Waals surface area contributed by atoms with Gasteiger partial charge in [0.1, 0.15) is 0 Å². The maximum atomic E-state index is 10.7. The number of hydrogen-bond acceptors (Lipinski definition) is 3. The molecule has 13 heavy (non-hydrogen) atoms. The van der Waals surface area contributed by atoms with Crippen LogP contribution in [0.4, 0.5) is 0 Å². The smallest absolute Gasteiger partial charge is 0.330 e. The molecular weight excluding hydrogens is 172 g/mol. The van der Waals surface area contributed by atoms with Crippen LogP contribution in [0.5, 0.6) is 0 Å². The molecule has 0 aromatic heterocycles. The molecule has 4 heteroatoms. The molecule has 0 saturated heterocycles. The first-order valence-electron chi connectivity index (χ1n) is 4.09. The number of carbonyl (C=O) groups excluding carboxylic acids is 1. The van der Waals surface area contributed by atoms with Crippen LogP contribution in [-0.2, 0) is 14.3 Å². The number of methoxy groups -OCH3 is 1. The van der Waals surface area contributed by atoms with E-state index < -0.39 is 17.4 Å². The fourth-order valence-electron chi connectivity index (χ4n) is 1.10. The van der Waals surface area contributed by atoms with E-state index in [0.717, 1.165) is 0 Å². The number of aliphatic carboxylic acids is 1. The van der Waals surface area contributed by atoms with Crippen LogP contribution in [0, 0.1) is 5.41 Å². The Morgan fingerprint density at radius 1 is 1.54 bits per heavy atom. The lowest BCUT2D eigenvalue weighted by molar-refractivity contribution is -0.143. The topological polar surface area (TPSA) is 63.6 Å². The Morgan fingerprint density at radius 3 is 2.54 bits per heavy atom. The maximum absolute atomic E-state index is 10.7. The zero-order valence-corrected chi connectivity index (χ0v) is 7.45. The fourth-order valence-corrected chi connectivity index (χ4v) is 1.10. The summed E-state index contributed by atoms with van der Waals surface area (Å²) < 4.78 is 4.37. The quantitative estimate of drug-likeness (QED) is 0.522. The highest BCUT2D eigenvalue weighted by Gasteiger charge is 2.48. The van der Waals surface area contributed by atoms with Crippen molar-refractivity contribution in [1.29, 1.82) is 0 Å². The maximum Gasteiger partial charge on any atom is 0.330 e. The van der Waals surface area contributed by atoms with Crippen LogP contribution in [-0.4, -0.2) is 24.2 Å². The van der Waals surface area contributed by atoms with Crippen LogP contribution >= 0.6 is 0 Å². The van der Waals surface area contributed by atoms with E-state index in [1.807, 2.05) is 0 Å². The van der Waals surface area contributed by atoms with Crippen molar-refractivity contribution >= 4 is 11.9 Å². The molecule has 0 amide bonds. The normalized spacial score (nSPS) is 18.5. The third-order valence-corrected chi connectivity index (χ3v) is 2.27. The van der Waals surface area contributed by atoms with Crippen molar-refractivity contribution in [2.24, 2.45) is 5.41 Å². The summed E-state index contributed by atoms with van der Waals surface area (Å²) in [6.45, 7) is 0. The van der Waals surface area contributed by atoms with Crippen LogP contribution in [0.1, 0.15) is 19.3 Å². The van der Waals surface area contributed by atoms with Crippen LogP contribution in [0.25, 0.3) is 0 Å².